The Bertz CT molecular complexity index is 593. The van der Waals surface area contributed by atoms with E-state index in [9.17, 15) is 19.7 Å². The third-order valence-electron chi connectivity index (χ3n) is 2.68. The van der Waals surface area contributed by atoms with Crippen LogP contribution in [0.1, 0.15) is 26.3 Å². The maximum absolute atomic E-state index is 11.7. The number of carbonyl (C=O) groups is 2. The van der Waals surface area contributed by atoms with E-state index >= 15 is 0 Å². The second kappa shape index (κ2) is 6.88. The minimum atomic E-state index is -0.588. The van der Waals surface area contributed by atoms with Gasteiger partial charge in [-0.2, -0.15) is 0 Å². The van der Waals surface area contributed by atoms with Crippen LogP contribution in [0.5, 0.6) is 0 Å². The molecular formula is C14H20N4O4. The largest absolute Gasteiger partial charge is 0.376 e. The zero-order chi connectivity index (χ0) is 16.9. The molecule has 8 heteroatoms. The number of anilines is 1. The highest BCUT2D eigenvalue weighted by atomic mass is 16.6. The van der Waals surface area contributed by atoms with Crippen molar-refractivity contribution in [3.05, 3.63) is 33.9 Å². The van der Waals surface area contributed by atoms with Gasteiger partial charge in [-0.1, -0.05) is 6.07 Å². The first-order valence-electron chi connectivity index (χ1n) is 6.70. The van der Waals surface area contributed by atoms with Crippen molar-refractivity contribution < 1.29 is 14.5 Å². The number of benzene rings is 1. The SMILES string of the molecule is Cc1c(NCC(=O)NC(=O)NC(C)(C)C)cccc1[N+](=O)[O-]. The Labute approximate surface area is 128 Å². The van der Waals surface area contributed by atoms with Gasteiger partial charge in [0.15, 0.2) is 0 Å². The Morgan fingerprint density at radius 3 is 2.45 bits per heavy atom. The van der Waals surface area contributed by atoms with Gasteiger partial charge in [0.2, 0.25) is 5.91 Å². The van der Waals surface area contributed by atoms with Gasteiger partial charge in [-0.3, -0.25) is 20.2 Å². The summed E-state index contributed by atoms with van der Waals surface area (Å²) in [5.74, 6) is -0.535. The number of nitro groups is 1. The zero-order valence-corrected chi connectivity index (χ0v) is 13.0. The fourth-order valence-corrected chi connectivity index (χ4v) is 1.73. The second-order valence-corrected chi connectivity index (χ2v) is 5.81. The molecule has 0 aliphatic carbocycles. The Morgan fingerprint density at radius 1 is 1.27 bits per heavy atom. The lowest BCUT2D eigenvalue weighted by Gasteiger charge is -2.20. The Morgan fingerprint density at radius 2 is 1.91 bits per heavy atom. The number of nitrogens with zero attached hydrogens (tertiary/aromatic N) is 1. The molecule has 1 aromatic carbocycles. The van der Waals surface area contributed by atoms with Crippen LogP contribution in [0.4, 0.5) is 16.2 Å². The van der Waals surface area contributed by atoms with Crippen molar-refractivity contribution in [2.24, 2.45) is 0 Å². The average molecular weight is 308 g/mol. The number of urea groups is 1. The van der Waals surface area contributed by atoms with E-state index in [1.807, 2.05) is 0 Å². The molecule has 0 heterocycles. The van der Waals surface area contributed by atoms with E-state index in [0.29, 0.717) is 11.3 Å². The van der Waals surface area contributed by atoms with Crippen molar-refractivity contribution in [3.63, 3.8) is 0 Å². The van der Waals surface area contributed by atoms with Crippen molar-refractivity contribution in [2.75, 3.05) is 11.9 Å². The minimum Gasteiger partial charge on any atom is -0.376 e. The first-order valence-corrected chi connectivity index (χ1v) is 6.70. The lowest BCUT2D eigenvalue weighted by Crippen LogP contribution is -2.49. The molecule has 0 spiro atoms. The first kappa shape index (κ1) is 17.4. The molecule has 0 aromatic heterocycles. The molecule has 0 saturated heterocycles. The molecule has 120 valence electrons. The number of rotatable bonds is 4. The van der Waals surface area contributed by atoms with Gasteiger partial charge >= 0.3 is 6.03 Å². The van der Waals surface area contributed by atoms with Crippen LogP contribution >= 0.6 is 0 Å². The molecule has 0 aliphatic heterocycles. The van der Waals surface area contributed by atoms with Crippen LogP contribution in [0, 0.1) is 17.0 Å². The number of imide groups is 1. The molecule has 1 aromatic rings. The summed E-state index contributed by atoms with van der Waals surface area (Å²) in [5, 5.41) is 18.4. The van der Waals surface area contributed by atoms with E-state index in [1.165, 1.54) is 12.1 Å². The minimum absolute atomic E-state index is 0.0316. The van der Waals surface area contributed by atoms with Crippen LogP contribution in [0.15, 0.2) is 18.2 Å². The van der Waals surface area contributed by atoms with E-state index in [-0.39, 0.29) is 12.2 Å². The number of hydrogen-bond acceptors (Lipinski definition) is 5. The normalized spacial score (nSPS) is 10.7. The molecular weight excluding hydrogens is 288 g/mol. The molecule has 3 amide bonds. The molecule has 0 atom stereocenters. The van der Waals surface area contributed by atoms with Crippen molar-refractivity contribution in [2.45, 2.75) is 33.2 Å². The standard InChI is InChI=1S/C14H20N4O4/c1-9-10(6-5-7-11(9)18(21)22)15-8-12(19)16-13(20)17-14(2,3)4/h5-7,15H,8H2,1-4H3,(H2,16,17,19,20). The predicted octanol–water partition coefficient (Wildman–Crippen LogP) is 1.94. The van der Waals surface area contributed by atoms with Gasteiger partial charge in [-0.05, 0) is 33.8 Å². The molecule has 8 nitrogen and oxygen atoms in total. The van der Waals surface area contributed by atoms with Gasteiger partial charge in [0.05, 0.1) is 11.5 Å². The summed E-state index contributed by atoms with van der Waals surface area (Å²) in [5.41, 5.74) is 0.421. The van der Waals surface area contributed by atoms with Crippen LogP contribution in [-0.2, 0) is 4.79 Å². The number of nitrogens with one attached hydrogen (secondary N) is 3. The third kappa shape index (κ3) is 5.39. The molecule has 0 unspecified atom stereocenters. The van der Waals surface area contributed by atoms with Crippen LogP contribution in [-0.4, -0.2) is 28.9 Å². The second-order valence-electron chi connectivity index (χ2n) is 5.81. The molecule has 0 saturated carbocycles. The number of hydrogen-bond donors (Lipinski definition) is 3. The summed E-state index contributed by atoms with van der Waals surface area (Å²) in [6.07, 6.45) is 0. The van der Waals surface area contributed by atoms with Crippen LogP contribution in [0.2, 0.25) is 0 Å². The van der Waals surface area contributed by atoms with Crippen molar-refractivity contribution >= 4 is 23.3 Å². The van der Waals surface area contributed by atoms with Gasteiger partial charge < -0.3 is 10.6 Å². The van der Waals surface area contributed by atoms with Gasteiger partial charge in [-0.25, -0.2) is 4.79 Å². The molecule has 1 rings (SSSR count). The maximum atomic E-state index is 11.7. The van der Waals surface area contributed by atoms with Crippen LogP contribution in [0.3, 0.4) is 0 Å². The highest BCUT2D eigenvalue weighted by Gasteiger charge is 2.16. The Kier molecular flexibility index (Phi) is 5.44. The molecule has 0 fully saturated rings. The Balaban J connectivity index is 2.60. The number of carbonyl (C=O) groups excluding carboxylic acids is 2. The number of amides is 3. The van der Waals surface area contributed by atoms with Crippen LogP contribution < -0.4 is 16.0 Å². The smallest absolute Gasteiger partial charge is 0.321 e. The summed E-state index contributed by atoms with van der Waals surface area (Å²) < 4.78 is 0. The predicted molar refractivity (Wildman–Crippen MR) is 82.8 cm³/mol. The maximum Gasteiger partial charge on any atom is 0.321 e. The summed E-state index contributed by atoms with van der Waals surface area (Å²) in [4.78, 5) is 33.6. The van der Waals surface area contributed by atoms with Gasteiger partial charge in [0.1, 0.15) is 0 Å². The van der Waals surface area contributed by atoms with Gasteiger partial charge in [0.25, 0.3) is 5.69 Å². The highest BCUT2D eigenvalue weighted by Crippen LogP contribution is 2.24. The van der Waals surface area contributed by atoms with E-state index in [1.54, 1.807) is 33.8 Å². The summed E-state index contributed by atoms with van der Waals surface area (Å²) in [6, 6.07) is 3.95. The van der Waals surface area contributed by atoms with Crippen molar-refractivity contribution in [1.82, 2.24) is 10.6 Å². The van der Waals surface area contributed by atoms with Crippen LogP contribution in [0.25, 0.3) is 0 Å². The van der Waals surface area contributed by atoms with Gasteiger partial charge in [-0.15, -0.1) is 0 Å². The summed E-state index contributed by atoms with van der Waals surface area (Å²) in [6.45, 7) is 6.80. The fraction of sp³-hybridized carbons (Fsp3) is 0.429. The average Bonchev–Trinajstić information content (AvgIpc) is 2.34. The fourth-order valence-electron chi connectivity index (χ4n) is 1.73. The molecule has 3 N–H and O–H groups in total. The summed E-state index contributed by atoms with van der Waals surface area (Å²) in [7, 11) is 0. The monoisotopic (exact) mass is 308 g/mol. The Hall–Kier alpha value is -2.64. The zero-order valence-electron chi connectivity index (χ0n) is 13.0. The highest BCUT2D eigenvalue weighted by molar-refractivity contribution is 5.96. The lowest BCUT2D eigenvalue weighted by molar-refractivity contribution is -0.385. The summed E-state index contributed by atoms with van der Waals surface area (Å²) >= 11 is 0. The molecule has 0 radical (unpaired) electrons. The van der Waals surface area contributed by atoms with E-state index in [2.05, 4.69) is 16.0 Å². The van der Waals surface area contributed by atoms with E-state index in [0.717, 1.165) is 0 Å². The van der Waals surface area contributed by atoms with Crippen molar-refractivity contribution in [3.8, 4) is 0 Å². The lowest BCUT2D eigenvalue weighted by atomic mass is 10.1. The quantitative estimate of drug-likeness (QED) is 0.581. The van der Waals surface area contributed by atoms with Gasteiger partial charge in [0, 0.05) is 22.9 Å². The van der Waals surface area contributed by atoms with E-state index in [4.69, 9.17) is 0 Å². The number of nitro benzene ring substituents is 1. The molecule has 0 aliphatic rings. The topological polar surface area (TPSA) is 113 Å². The van der Waals surface area contributed by atoms with E-state index < -0.39 is 22.4 Å². The molecule has 22 heavy (non-hydrogen) atoms. The molecule has 0 bridgehead atoms. The van der Waals surface area contributed by atoms with Crippen molar-refractivity contribution in [1.29, 1.82) is 0 Å². The first-order chi connectivity index (χ1) is 10.1. The third-order valence-corrected chi connectivity index (χ3v) is 2.68.